The summed E-state index contributed by atoms with van der Waals surface area (Å²) >= 11 is 0. The van der Waals surface area contributed by atoms with Crippen LogP contribution in [0.25, 0.3) is 0 Å². The van der Waals surface area contributed by atoms with Gasteiger partial charge in [-0.1, -0.05) is 12.1 Å². The van der Waals surface area contributed by atoms with Crippen molar-refractivity contribution in [2.75, 3.05) is 18.0 Å². The van der Waals surface area contributed by atoms with Crippen LogP contribution in [0.4, 0.5) is 10.3 Å². The molecular formula is C20H21FN6O3. The van der Waals surface area contributed by atoms with Gasteiger partial charge in [0.15, 0.2) is 5.69 Å². The largest absolute Gasteiger partial charge is 0.501 e. The number of aromatic hydroxyl groups is 1. The molecule has 1 aromatic heterocycles. The van der Waals surface area contributed by atoms with Crippen molar-refractivity contribution in [3.8, 4) is 5.75 Å². The molecular weight excluding hydrogens is 391 g/mol. The Kier molecular flexibility index (Phi) is 5.06. The van der Waals surface area contributed by atoms with E-state index >= 15 is 0 Å². The van der Waals surface area contributed by atoms with Crippen LogP contribution < -0.4 is 15.8 Å². The molecule has 4 rings (SSSR count). The van der Waals surface area contributed by atoms with Crippen molar-refractivity contribution in [1.29, 1.82) is 0 Å². The first-order chi connectivity index (χ1) is 14.4. The Hall–Kier alpha value is -3.56. The molecule has 0 atom stereocenters. The van der Waals surface area contributed by atoms with Gasteiger partial charge in [0.2, 0.25) is 11.7 Å². The van der Waals surface area contributed by atoms with E-state index in [9.17, 15) is 19.1 Å². The Labute approximate surface area is 171 Å². The lowest BCUT2D eigenvalue weighted by atomic mass is 9.90. The number of carbonyl (C=O) groups excluding carboxylic acids is 1. The van der Waals surface area contributed by atoms with Gasteiger partial charge in [-0.3, -0.25) is 19.1 Å². The summed E-state index contributed by atoms with van der Waals surface area (Å²) < 4.78 is 14.2. The maximum absolute atomic E-state index is 13.0. The van der Waals surface area contributed by atoms with Gasteiger partial charge in [-0.2, -0.15) is 0 Å². The number of carbonyl (C=O) groups is 1. The second-order valence-electron chi connectivity index (χ2n) is 7.40. The molecule has 1 aromatic carbocycles. The van der Waals surface area contributed by atoms with Crippen LogP contribution in [-0.4, -0.2) is 51.7 Å². The first-order valence-corrected chi connectivity index (χ1v) is 9.54. The third kappa shape index (κ3) is 3.68. The van der Waals surface area contributed by atoms with E-state index in [4.69, 9.17) is 0 Å². The molecule has 0 saturated carbocycles. The van der Waals surface area contributed by atoms with Crippen LogP contribution in [-0.2, 0) is 13.6 Å². The molecule has 2 N–H and O–H groups in total. The van der Waals surface area contributed by atoms with Crippen molar-refractivity contribution in [3.05, 3.63) is 51.7 Å². The molecule has 1 spiro atoms. The molecule has 2 aliphatic heterocycles. The molecule has 1 amide bonds. The predicted molar refractivity (Wildman–Crippen MR) is 110 cm³/mol. The van der Waals surface area contributed by atoms with Crippen LogP contribution >= 0.6 is 0 Å². The second-order valence-corrected chi connectivity index (χ2v) is 7.40. The molecule has 156 valence electrons. The highest BCUT2D eigenvalue weighted by molar-refractivity contribution is 5.95. The van der Waals surface area contributed by atoms with E-state index in [0.29, 0.717) is 37.4 Å². The molecule has 30 heavy (non-hydrogen) atoms. The SMILES string of the molecule is Cn1c(N2CCC3(C=NC=N3)CC2)nc(C(=O)NCc2ccc(F)cc2)c(O)c1=O. The summed E-state index contributed by atoms with van der Waals surface area (Å²) in [6.45, 7) is 1.25. The number of aliphatic imine (C=N–C) groups is 2. The smallest absolute Gasteiger partial charge is 0.297 e. The number of anilines is 1. The second kappa shape index (κ2) is 7.69. The Morgan fingerprint density at radius 1 is 1.27 bits per heavy atom. The van der Waals surface area contributed by atoms with Crippen LogP contribution in [0.1, 0.15) is 28.9 Å². The summed E-state index contributed by atoms with van der Waals surface area (Å²) in [7, 11) is 1.50. The van der Waals surface area contributed by atoms with E-state index in [0.717, 1.165) is 0 Å². The fourth-order valence-corrected chi connectivity index (χ4v) is 3.59. The molecule has 0 bridgehead atoms. The highest BCUT2D eigenvalue weighted by Crippen LogP contribution is 2.29. The molecule has 0 aliphatic carbocycles. The number of halogens is 1. The van der Waals surface area contributed by atoms with E-state index in [1.54, 1.807) is 6.34 Å². The highest BCUT2D eigenvalue weighted by Gasteiger charge is 2.35. The number of hydrogen-bond donors (Lipinski definition) is 2. The number of nitrogens with zero attached hydrogens (tertiary/aromatic N) is 5. The van der Waals surface area contributed by atoms with Gasteiger partial charge >= 0.3 is 0 Å². The Morgan fingerprint density at radius 2 is 1.97 bits per heavy atom. The molecule has 3 heterocycles. The van der Waals surface area contributed by atoms with Gasteiger partial charge in [0.05, 0.1) is 0 Å². The van der Waals surface area contributed by atoms with Gasteiger partial charge < -0.3 is 15.3 Å². The third-order valence-electron chi connectivity index (χ3n) is 5.43. The summed E-state index contributed by atoms with van der Waals surface area (Å²) in [6, 6.07) is 5.65. The monoisotopic (exact) mass is 412 g/mol. The minimum atomic E-state index is -0.709. The van der Waals surface area contributed by atoms with Gasteiger partial charge in [0.1, 0.15) is 17.7 Å². The van der Waals surface area contributed by atoms with Crippen molar-refractivity contribution in [2.24, 2.45) is 17.0 Å². The fourth-order valence-electron chi connectivity index (χ4n) is 3.59. The highest BCUT2D eigenvalue weighted by atomic mass is 19.1. The Balaban J connectivity index is 1.54. The maximum atomic E-state index is 13.0. The molecule has 10 heteroatoms. The minimum Gasteiger partial charge on any atom is -0.501 e. The lowest BCUT2D eigenvalue weighted by molar-refractivity contribution is 0.0942. The molecule has 2 aliphatic rings. The normalized spacial score (nSPS) is 16.9. The van der Waals surface area contributed by atoms with Gasteiger partial charge in [-0.05, 0) is 30.5 Å². The number of hydrogen-bond acceptors (Lipinski definition) is 7. The summed E-state index contributed by atoms with van der Waals surface area (Å²) in [5.74, 6) is -1.47. The average Bonchev–Trinajstić information content (AvgIpc) is 3.20. The van der Waals surface area contributed by atoms with Crippen LogP contribution in [0.3, 0.4) is 0 Å². The topological polar surface area (TPSA) is 112 Å². The zero-order chi connectivity index (χ0) is 21.3. The molecule has 1 fully saturated rings. The third-order valence-corrected chi connectivity index (χ3v) is 5.43. The lowest BCUT2D eigenvalue weighted by Crippen LogP contribution is -2.45. The van der Waals surface area contributed by atoms with Gasteiger partial charge in [-0.15, -0.1) is 0 Å². The maximum Gasteiger partial charge on any atom is 0.297 e. The van der Waals surface area contributed by atoms with Crippen LogP contribution in [0.2, 0.25) is 0 Å². The number of rotatable bonds is 4. The van der Waals surface area contributed by atoms with Gasteiger partial charge in [-0.25, -0.2) is 14.4 Å². The zero-order valence-electron chi connectivity index (χ0n) is 16.4. The predicted octanol–water partition coefficient (Wildman–Crippen LogP) is 1.01. The Morgan fingerprint density at radius 3 is 2.60 bits per heavy atom. The van der Waals surface area contributed by atoms with Crippen molar-refractivity contribution in [1.82, 2.24) is 14.9 Å². The molecule has 0 radical (unpaired) electrons. The molecule has 2 aromatic rings. The average molecular weight is 412 g/mol. The van der Waals surface area contributed by atoms with Crippen LogP contribution in [0, 0.1) is 5.82 Å². The first-order valence-electron chi connectivity index (χ1n) is 9.54. The van der Waals surface area contributed by atoms with E-state index in [-0.39, 0.29) is 23.6 Å². The molecule has 1 saturated heterocycles. The number of aromatic nitrogens is 2. The van der Waals surface area contributed by atoms with E-state index < -0.39 is 17.2 Å². The van der Waals surface area contributed by atoms with Crippen molar-refractivity contribution >= 4 is 24.4 Å². The number of amides is 1. The van der Waals surface area contributed by atoms with E-state index in [1.807, 2.05) is 11.1 Å². The van der Waals surface area contributed by atoms with Crippen molar-refractivity contribution in [2.45, 2.75) is 24.9 Å². The van der Waals surface area contributed by atoms with Crippen molar-refractivity contribution < 1.29 is 14.3 Å². The zero-order valence-corrected chi connectivity index (χ0v) is 16.4. The minimum absolute atomic E-state index is 0.106. The first kappa shape index (κ1) is 19.7. The fraction of sp³-hybridized carbons (Fsp3) is 0.350. The number of nitrogens with one attached hydrogen (secondary N) is 1. The number of piperidine rings is 1. The van der Waals surface area contributed by atoms with Crippen molar-refractivity contribution in [3.63, 3.8) is 0 Å². The summed E-state index contributed by atoms with van der Waals surface area (Å²) in [5.41, 5.74) is -0.668. The van der Waals surface area contributed by atoms with Gasteiger partial charge in [0.25, 0.3) is 11.5 Å². The van der Waals surface area contributed by atoms with Crippen LogP contribution in [0.15, 0.2) is 39.0 Å². The lowest BCUT2D eigenvalue weighted by Gasteiger charge is -2.36. The van der Waals surface area contributed by atoms with Gasteiger partial charge in [0, 0.05) is 32.9 Å². The summed E-state index contributed by atoms with van der Waals surface area (Å²) in [5, 5.41) is 12.8. The summed E-state index contributed by atoms with van der Waals surface area (Å²) in [4.78, 5) is 39.8. The van der Waals surface area contributed by atoms with E-state index in [1.165, 1.54) is 35.9 Å². The quantitative estimate of drug-likeness (QED) is 0.778. The number of benzene rings is 1. The van der Waals surface area contributed by atoms with E-state index in [2.05, 4.69) is 20.3 Å². The molecule has 9 nitrogen and oxygen atoms in total. The van der Waals surface area contributed by atoms with Crippen LogP contribution in [0.5, 0.6) is 5.75 Å². The molecule has 0 unspecified atom stereocenters. The summed E-state index contributed by atoms with van der Waals surface area (Å²) in [6.07, 6.45) is 4.79. The standard InChI is InChI=1S/C20H21FN6O3/c1-26-18(30)16(28)15(17(29)23-10-13-2-4-14(21)5-3-13)25-19(26)27-8-6-20(7-9-27)11-22-12-24-20/h2-5,11-12,28H,6-10H2,1H3,(H,23,29). The Bertz CT molecular complexity index is 1070.